The molecule has 2 N–H and O–H groups in total. The van der Waals surface area contributed by atoms with E-state index in [9.17, 15) is 4.79 Å². The van der Waals surface area contributed by atoms with E-state index in [0.29, 0.717) is 5.92 Å². The minimum Gasteiger partial charge on any atom is -0.381 e. The standard InChI is InChI=1S/C13H24N2O2.ClH/c1-15(8-10-3-2-6-17-9-10)13(16)11-4-5-12(14)7-11;/h10-12H,2-9,14H2,1H3;1H. The van der Waals surface area contributed by atoms with E-state index in [1.165, 1.54) is 6.42 Å². The van der Waals surface area contributed by atoms with Gasteiger partial charge in [-0.3, -0.25) is 4.79 Å². The van der Waals surface area contributed by atoms with Gasteiger partial charge in [0.1, 0.15) is 0 Å². The van der Waals surface area contributed by atoms with Gasteiger partial charge in [-0.15, -0.1) is 12.4 Å². The fourth-order valence-corrected chi connectivity index (χ4v) is 2.98. The molecule has 2 fully saturated rings. The molecule has 0 aromatic carbocycles. The van der Waals surface area contributed by atoms with Gasteiger partial charge in [-0.2, -0.15) is 0 Å². The van der Waals surface area contributed by atoms with Gasteiger partial charge in [-0.1, -0.05) is 0 Å². The monoisotopic (exact) mass is 276 g/mol. The summed E-state index contributed by atoms with van der Waals surface area (Å²) in [6.45, 7) is 2.53. The molecule has 1 aliphatic carbocycles. The Morgan fingerprint density at radius 1 is 1.39 bits per heavy atom. The van der Waals surface area contributed by atoms with Crippen molar-refractivity contribution in [3.8, 4) is 0 Å². The van der Waals surface area contributed by atoms with Crippen molar-refractivity contribution in [2.24, 2.45) is 17.6 Å². The second-order valence-corrected chi connectivity index (χ2v) is 5.57. The quantitative estimate of drug-likeness (QED) is 0.848. The lowest BCUT2D eigenvalue weighted by Crippen LogP contribution is -2.38. The van der Waals surface area contributed by atoms with E-state index >= 15 is 0 Å². The van der Waals surface area contributed by atoms with Gasteiger partial charge >= 0.3 is 0 Å². The number of amides is 1. The zero-order valence-electron chi connectivity index (χ0n) is 11.1. The van der Waals surface area contributed by atoms with Gasteiger partial charge in [0.15, 0.2) is 0 Å². The van der Waals surface area contributed by atoms with Crippen LogP contribution in [0.25, 0.3) is 0 Å². The van der Waals surface area contributed by atoms with Crippen molar-refractivity contribution in [2.75, 3.05) is 26.8 Å². The molecule has 0 bridgehead atoms. The normalized spacial score (nSPS) is 31.8. The molecule has 0 radical (unpaired) electrons. The summed E-state index contributed by atoms with van der Waals surface area (Å²) in [6.07, 6.45) is 5.13. The first-order valence-electron chi connectivity index (χ1n) is 6.75. The van der Waals surface area contributed by atoms with E-state index in [2.05, 4.69) is 0 Å². The predicted octanol–water partition coefficient (Wildman–Crippen LogP) is 1.42. The number of nitrogens with zero attached hydrogens (tertiary/aromatic N) is 1. The van der Waals surface area contributed by atoms with E-state index in [4.69, 9.17) is 10.5 Å². The van der Waals surface area contributed by atoms with Gasteiger partial charge in [-0.05, 0) is 38.0 Å². The molecule has 0 aromatic rings. The van der Waals surface area contributed by atoms with E-state index in [0.717, 1.165) is 45.4 Å². The number of rotatable bonds is 3. The molecule has 3 atom stereocenters. The van der Waals surface area contributed by atoms with Crippen LogP contribution < -0.4 is 5.73 Å². The zero-order chi connectivity index (χ0) is 12.3. The van der Waals surface area contributed by atoms with Crippen LogP contribution in [0.1, 0.15) is 32.1 Å². The number of ether oxygens (including phenoxy) is 1. The summed E-state index contributed by atoms with van der Waals surface area (Å²) in [5, 5.41) is 0. The third-order valence-electron chi connectivity index (χ3n) is 3.99. The summed E-state index contributed by atoms with van der Waals surface area (Å²) in [5.74, 6) is 0.968. The number of halogens is 1. The Balaban J connectivity index is 0.00000162. The summed E-state index contributed by atoms with van der Waals surface area (Å²) in [4.78, 5) is 14.1. The number of carbonyl (C=O) groups excluding carboxylic acids is 1. The van der Waals surface area contributed by atoms with Gasteiger partial charge in [0.05, 0.1) is 6.61 Å². The molecule has 0 spiro atoms. The Hall–Kier alpha value is -0.320. The van der Waals surface area contributed by atoms with E-state index in [1.54, 1.807) is 0 Å². The SMILES string of the molecule is CN(CC1CCCOC1)C(=O)C1CCC(N)C1.Cl. The van der Waals surface area contributed by atoms with Crippen molar-refractivity contribution in [3.05, 3.63) is 0 Å². The Bertz CT molecular complexity index is 270. The first kappa shape index (κ1) is 15.7. The molecule has 4 nitrogen and oxygen atoms in total. The van der Waals surface area contributed by atoms with Crippen LogP contribution in [0.2, 0.25) is 0 Å². The van der Waals surface area contributed by atoms with E-state index in [1.807, 2.05) is 11.9 Å². The minimum absolute atomic E-state index is 0. The van der Waals surface area contributed by atoms with Crippen LogP contribution >= 0.6 is 12.4 Å². The molecule has 106 valence electrons. The van der Waals surface area contributed by atoms with Crippen molar-refractivity contribution < 1.29 is 9.53 Å². The highest BCUT2D eigenvalue weighted by Crippen LogP contribution is 2.26. The number of hydrogen-bond acceptors (Lipinski definition) is 3. The fourth-order valence-electron chi connectivity index (χ4n) is 2.98. The Morgan fingerprint density at radius 3 is 2.72 bits per heavy atom. The third-order valence-corrected chi connectivity index (χ3v) is 3.99. The lowest BCUT2D eigenvalue weighted by atomic mass is 10.0. The van der Waals surface area contributed by atoms with Crippen LogP contribution in [0, 0.1) is 11.8 Å². The molecule has 2 rings (SSSR count). The molecule has 18 heavy (non-hydrogen) atoms. The van der Waals surface area contributed by atoms with E-state index < -0.39 is 0 Å². The molecular weight excluding hydrogens is 252 g/mol. The maximum absolute atomic E-state index is 12.2. The van der Waals surface area contributed by atoms with E-state index in [-0.39, 0.29) is 30.3 Å². The maximum Gasteiger partial charge on any atom is 0.225 e. The van der Waals surface area contributed by atoms with Crippen molar-refractivity contribution in [1.82, 2.24) is 4.90 Å². The van der Waals surface area contributed by atoms with Gasteiger partial charge in [0.2, 0.25) is 5.91 Å². The smallest absolute Gasteiger partial charge is 0.225 e. The minimum atomic E-state index is 0. The largest absolute Gasteiger partial charge is 0.381 e. The molecule has 1 saturated heterocycles. The topological polar surface area (TPSA) is 55.6 Å². The summed E-state index contributed by atoms with van der Waals surface area (Å²) in [6, 6.07) is 0.232. The zero-order valence-corrected chi connectivity index (χ0v) is 12.0. The molecular formula is C13H25ClN2O2. The molecule has 0 aromatic heterocycles. The first-order chi connectivity index (χ1) is 8.16. The molecule has 1 aliphatic heterocycles. The first-order valence-corrected chi connectivity index (χ1v) is 6.75. The van der Waals surface area contributed by atoms with Crippen molar-refractivity contribution in [3.63, 3.8) is 0 Å². The van der Waals surface area contributed by atoms with Gasteiger partial charge < -0.3 is 15.4 Å². The van der Waals surface area contributed by atoms with Gasteiger partial charge in [0, 0.05) is 32.2 Å². The maximum atomic E-state index is 12.2. The average Bonchev–Trinajstić information content (AvgIpc) is 2.76. The Kier molecular flexibility index (Phi) is 6.39. The predicted molar refractivity (Wildman–Crippen MR) is 73.7 cm³/mol. The van der Waals surface area contributed by atoms with Gasteiger partial charge in [-0.25, -0.2) is 0 Å². The highest BCUT2D eigenvalue weighted by molar-refractivity contribution is 5.85. The van der Waals surface area contributed by atoms with Crippen molar-refractivity contribution >= 4 is 18.3 Å². The average molecular weight is 277 g/mol. The summed E-state index contributed by atoms with van der Waals surface area (Å²) >= 11 is 0. The highest BCUT2D eigenvalue weighted by atomic mass is 35.5. The molecule has 1 saturated carbocycles. The van der Waals surface area contributed by atoms with Gasteiger partial charge in [0.25, 0.3) is 0 Å². The Labute approximate surface area is 116 Å². The summed E-state index contributed by atoms with van der Waals surface area (Å²) in [5.41, 5.74) is 5.86. The van der Waals surface area contributed by atoms with Crippen LogP contribution in [0.5, 0.6) is 0 Å². The Morgan fingerprint density at radius 2 is 2.17 bits per heavy atom. The second-order valence-electron chi connectivity index (χ2n) is 5.57. The lowest BCUT2D eigenvalue weighted by molar-refractivity contribution is -0.135. The fraction of sp³-hybridized carbons (Fsp3) is 0.923. The summed E-state index contributed by atoms with van der Waals surface area (Å²) < 4.78 is 5.45. The third kappa shape index (κ3) is 4.11. The van der Waals surface area contributed by atoms with Crippen LogP contribution in [0.4, 0.5) is 0 Å². The lowest BCUT2D eigenvalue weighted by Gasteiger charge is -2.28. The molecule has 5 heteroatoms. The molecule has 3 unspecified atom stereocenters. The number of nitrogens with two attached hydrogens (primary N) is 1. The number of hydrogen-bond donors (Lipinski definition) is 1. The van der Waals surface area contributed by atoms with Crippen molar-refractivity contribution in [1.29, 1.82) is 0 Å². The molecule has 1 amide bonds. The summed E-state index contributed by atoms with van der Waals surface area (Å²) in [7, 11) is 1.92. The van der Waals surface area contributed by atoms with Crippen molar-refractivity contribution in [2.45, 2.75) is 38.1 Å². The second kappa shape index (κ2) is 7.31. The van der Waals surface area contributed by atoms with Crippen LogP contribution in [0.15, 0.2) is 0 Å². The molecule has 2 aliphatic rings. The molecule has 1 heterocycles. The van der Waals surface area contributed by atoms with Crippen LogP contribution in [-0.4, -0.2) is 43.7 Å². The van der Waals surface area contributed by atoms with Crippen LogP contribution in [0.3, 0.4) is 0 Å². The highest BCUT2D eigenvalue weighted by Gasteiger charge is 2.30. The van der Waals surface area contributed by atoms with Crippen LogP contribution in [-0.2, 0) is 9.53 Å². The number of carbonyl (C=O) groups is 1.